The third-order valence-corrected chi connectivity index (χ3v) is 3.35. The molecular formula is C17H28O2. The van der Waals surface area contributed by atoms with E-state index in [4.69, 9.17) is 5.11 Å². The van der Waals surface area contributed by atoms with Crippen molar-refractivity contribution >= 4 is 5.97 Å². The van der Waals surface area contributed by atoms with Gasteiger partial charge >= 0.3 is 5.97 Å². The van der Waals surface area contributed by atoms with Gasteiger partial charge in [-0.05, 0) is 51.9 Å². The molecule has 0 fully saturated rings. The molecule has 1 atom stereocenters. The number of carbonyl (C=O) groups is 1. The first-order chi connectivity index (χ1) is 8.79. The fraction of sp³-hybridized carbons (Fsp3) is 0.588. The zero-order chi connectivity index (χ0) is 14.9. The minimum absolute atomic E-state index is 0.154. The van der Waals surface area contributed by atoms with Crippen molar-refractivity contribution in [3.63, 3.8) is 0 Å². The van der Waals surface area contributed by atoms with Crippen LogP contribution in [0, 0.1) is 5.41 Å². The number of carboxylic acids is 1. The lowest BCUT2D eigenvalue weighted by atomic mass is 9.82. The van der Waals surface area contributed by atoms with E-state index in [1.165, 1.54) is 11.1 Å². The van der Waals surface area contributed by atoms with Gasteiger partial charge < -0.3 is 5.11 Å². The van der Waals surface area contributed by atoms with Gasteiger partial charge in [-0.2, -0.15) is 0 Å². The molecule has 0 aromatic rings. The summed E-state index contributed by atoms with van der Waals surface area (Å²) in [6, 6.07) is 0. The molecule has 0 radical (unpaired) electrons. The van der Waals surface area contributed by atoms with Crippen LogP contribution in [0.2, 0.25) is 0 Å². The van der Waals surface area contributed by atoms with Crippen molar-refractivity contribution in [1.82, 2.24) is 0 Å². The lowest BCUT2D eigenvalue weighted by Gasteiger charge is -2.22. The van der Waals surface area contributed by atoms with Gasteiger partial charge in [-0.15, -0.1) is 6.58 Å². The van der Waals surface area contributed by atoms with E-state index in [0.717, 1.165) is 25.7 Å². The smallest absolute Gasteiger partial charge is 0.304 e. The van der Waals surface area contributed by atoms with E-state index in [1.54, 1.807) is 6.08 Å². The van der Waals surface area contributed by atoms with E-state index in [2.05, 4.69) is 39.5 Å². The van der Waals surface area contributed by atoms with Gasteiger partial charge in [-0.25, -0.2) is 0 Å². The van der Waals surface area contributed by atoms with Crippen molar-refractivity contribution in [3.8, 4) is 0 Å². The van der Waals surface area contributed by atoms with Crippen LogP contribution in [0.25, 0.3) is 0 Å². The minimum atomic E-state index is -0.758. The second-order valence-electron chi connectivity index (χ2n) is 5.84. The van der Waals surface area contributed by atoms with Crippen molar-refractivity contribution in [3.05, 3.63) is 36.0 Å². The highest BCUT2D eigenvalue weighted by Gasteiger charge is 2.22. The van der Waals surface area contributed by atoms with E-state index in [9.17, 15) is 4.79 Å². The van der Waals surface area contributed by atoms with E-state index >= 15 is 0 Å². The van der Waals surface area contributed by atoms with Crippen LogP contribution in [-0.2, 0) is 4.79 Å². The lowest BCUT2D eigenvalue weighted by Crippen LogP contribution is -2.17. The summed E-state index contributed by atoms with van der Waals surface area (Å²) in [4.78, 5) is 10.8. The highest BCUT2D eigenvalue weighted by Crippen LogP contribution is 2.29. The minimum Gasteiger partial charge on any atom is -0.481 e. The van der Waals surface area contributed by atoms with Gasteiger partial charge in [0.1, 0.15) is 0 Å². The lowest BCUT2D eigenvalue weighted by molar-refractivity contribution is -0.138. The normalized spacial score (nSPS) is 14.6. The molecule has 0 aliphatic carbocycles. The summed E-state index contributed by atoms with van der Waals surface area (Å²) in [7, 11) is 0. The van der Waals surface area contributed by atoms with Gasteiger partial charge in [-0.1, -0.05) is 36.3 Å². The molecule has 0 amide bonds. The predicted octanol–water partition coefficient (Wildman–Crippen LogP) is 5.13. The molecule has 19 heavy (non-hydrogen) atoms. The second kappa shape index (κ2) is 8.73. The molecule has 0 saturated carbocycles. The molecule has 0 aliphatic rings. The molecule has 1 unspecified atom stereocenters. The van der Waals surface area contributed by atoms with Gasteiger partial charge in [-0.3, -0.25) is 4.79 Å². The Hall–Kier alpha value is -1.31. The highest BCUT2D eigenvalue weighted by atomic mass is 16.4. The Bertz CT molecular complexity index is 359. The molecule has 0 aliphatic heterocycles. The molecular weight excluding hydrogens is 236 g/mol. The third kappa shape index (κ3) is 9.29. The van der Waals surface area contributed by atoms with Crippen molar-refractivity contribution < 1.29 is 9.90 Å². The largest absolute Gasteiger partial charge is 0.481 e. The highest BCUT2D eigenvalue weighted by molar-refractivity contribution is 5.68. The van der Waals surface area contributed by atoms with Crippen LogP contribution in [0.5, 0.6) is 0 Å². The molecule has 0 heterocycles. The van der Waals surface area contributed by atoms with Crippen LogP contribution in [0.3, 0.4) is 0 Å². The number of rotatable bonds is 9. The summed E-state index contributed by atoms with van der Waals surface area (Å²) in [5.74, 6) is -0.758. The first kappa shape index (κ1) is 17.7. The number of allylic oxidation sites excluding steroid dienone is 5. The number of carboxylic acid groups (broad SMARTS) is 1. The summed E-state index contributed by atoms with van der Waals surface area (Å²) in [5, 5.41) is 8.89. The molecule has 2 nitrogen and oxygen atoms in total. The maximum atomic E-state index is 10.8. The number of hydrogen-bond donors (Lipinski definition) is 1. The van der Waals surface area contributed by atoms with Crippen LogP contribution >= 0.6 is 0 Å². The van der Waals surface area contributed by atoms with Crippen LogP contribution in [0.4, 0.5) is 0 Å². The van der Waals surface area contributed by atoms with Gasteiger partial charge in [0.05, 0.1) is 6.42 Å². The average molecular weight is 264 g/mol. The van der Waals surface area contributed by atoms with E-state index < -0.39 is 5.97 Å². The zero-order valence-electron chi connectivity index (χ0n) is 12.8. The Labute approximate surface area is 117 Å². The van der Waals surface area contributed by atoms with Gasteiger partial charge in [0, 0.05) is 0 Å². The van der Waals surface area contributed by atoms with E-state index in [0.29, 0.717) is 0 Å². The van der Waals surface area contributed by atoms with Gasteiger partial charge in [0.15, 0.2) is 0 Å². The van der Waals surface area contributed by atoms with Crippen molar-refractivity contribution in [2.75, 3.05) is 0 Å². The Kier molecular flexibility index (Phi) is 8.13. The van der Waals surface area contributed by atoms with Crippen molar-refractivity contribution in [1.29, 1.82) is 0 Å². The molecule has 0 bridgehead atoms. The molecule has 0 aromatic heterocycles. The van der Waals surface area contributed by atoms with Crippen LogP contribution in [0.15, 0.2) is 36.0 Å². The average Bonchev–Trinajstić information content (AvgIpc) is 2.27. The molecule has 0 rings (SSSR count). The summed E-state index contributed by atoms with van der Waals surface area (Å²) < 4.78 is 0. The molecule has 0 saturated heterocycles. The topological polar surface area (TPSA) is 37.3 Å². The molecule has 0 spiro atoms. The summed E-state index contributed by atoms with van der Waals surface area (Å²) in [5.41, 5.74) is 2.43. The molecule has 1 N–H and O–H groups in total. The number of aliphatic carboxylic acids is 1. The fourth-order valence-electron chi connectivity index (χ4n) is 1.95. The Balaban J connectivity index is 4.20. The molecule has 2 heteroatoms. The standard InChI is InChI=1S/C17H28O2/c1-6-17(5,13-16(18)19)12-8-11-15(4)10-7-9-14(2)3/h6,9,11H,1,7-8,10,12-13H2,2-5H3,(H,18,19)/b15-11+. The van der Waals surface area contributed by atoms with Gasteiger partial charge in [0.2, 0.25) is 0 Å². The first-order valence-corrected chi connectivity index (χ1v) is 6.93. The van der Waals surface area contributed by atoms with Crippen LogP contribution in [0.1, 0.15) is 59.8 Å². The summed E-state index contributed by atoms with van der Waals surface area (Å²) in [6.45, 7) is 12.1. The van der Waals surface area contributed by atoms with Gasteiger partial charge in [0.25, 0.3) is 0 Å². The monoisotopic (exact) mass is 264 g/mol. The van der Waals surface area contributed by atoms with E-state index in [-0.39, 0.29) is 11.8 Å². The van der Waals surface area contributed by atoms with Crippen LogP contribution in [-0.4, -0.2) is 11.1 Å². The second-order valence-corrected chi connectivity index (χ2v) is 5.84. The fourth-order valence-corrected chi connectivity index (χ4v) is 1.95. The Morgan fingerprint density at radius 3 is 2.32 bits per heavy atom. The predicted molar refractivity (Wildman–Crippen MR) is 82.2 cm³/mol. The Morgan fingerprint density at radius 1 is 1.21 bits per heavy atom. The Morgan fingerprint density at radius 2 is 1.84 bits per heavy atom. The quantitative estimate of drug-likeness (QED) is 0.586. The van der Waals surface area contributed by atoms with Crippen LogP contribution < -0.4 is 0 Å². The van der Waals surface area contributed by atoms with Crippen molar-refractivity contribution in [2.45, 2.75) is 59.8 Å². The molecule has 108 valence electrons. The first-order valence-electron chi connectivity index (χ1n) is 6.93. The zero-order valence-corrected chi connectivity index (χ0v) is 12.8. The summed E-state index contributed by atoms with van der Waals surface area (Å²) >= 11 is 0. The third-order valence-electron chi connectivity index (χ3n) is 3.35. The van der Waals surface area contributed by atoms with Crippen molar-refractivity contribution in [2.24, 2.45) is 5.41 Å². The summed E-state index contributed by atoms with van der Waals surface area (Å²) in [6.07, 6.45) is 10.3. The SMILES string of the molecule is C=CC(C)(CC/C=C(\C)CCC=C(C)C)CC(=O)O. The maximum Gasteiger partial charge on any atom is 0.304 e. The number of hydrogen-bond acceptors (Lipinski definition) is 1. The van der Waals surface area contributed by atoms with E-state index in [1.807, 2.05) is 6.92 Å². The maximum absolute atomic E-state index is 10.8. The molecule has 0 aromatic carbocycles.